The topological polar surface area (TPSA) is 42.9 Å². The molecule has 6 heteroatoms. The summed E-state index contributed by atoms with van der Waals surface area (Å²) < 4.78 is 0. The highest BCUT2D eigenvalue weighted by molar-refractivity contribution is 14.0. The second-order valence-corrected chi connectivity index (χ2v) is 6.65. The quantitative estimate of drug-likeness (QED) is 0.346. The lowest BCUT2D eigenvalue weighted by Gasteiger charge is -2.38. The van der Waals surface area contributed by atoms with Gasteiger partial charge in [-0.1, -0.05) is 33.1 Å². The fraction of sp³-hybridized carbons (Fsp3) is 0.941. The van der Waals surface area contributed by atoms with Crippen molar-refractivity contribution in [3.63, 3.8) is 0 Å². The molecule has 0 aromatic carbocycles. The van der Waals surface area contributed by atoms with E-state index in [1.807, 2.05) is 7.05 Å². The number of guanidine groups is 1. The van der Waals surface area contributed by atoms with E-state index in [2.05, 4.69) is 53.4 Å². The third-order valence-corrected chi connectivity index (χ3v) is 4.81. The van der Waals surface area contributed by atoms with Crippen LogP contribution in [0, 0.1) is 5.92 Å². The summed E-state index contributed by atoms with van der Waals surface area (Å²) >= 11 is 0. The van der Waals surface area contributed by atoms with Gasteiger partial charge in [-0.3, -0.25) is 9.89 Å². The van der Waals surface area contributed by atoms with Gasteiger partial charge in [-0.2, -0.15) is 0 Å². The molecule has 0 bridgehead atoms. The molecule has 0 aromatic heterocycles. The molecular formula is C17H38IN5. The van der Waals surface area contributed by atoms with E-state index in [9.17, 15) is 0 Å². The molecule has 2 N–H and O–H groups in total. The number of halogens is 1. The summed E-state index contributed by atoms with van der Waals surface area (Å²) in [6.07, 6.45) is 5.16. The molecule has 1 aliphatic rings. The van der Waals surface area contributed by atoms with Gasteiger partial charge in [-0.15, -0.1) is 24.0 Å². The molecule has 2 atom stereocenters. The number of unbranched alkanes of at least 4 members (excludes halogenated alkanes) is 1. The lowest BCUT2D eigenvalue weighted by atomic mass is 9.99. The molecule has 0 spiro atoms. The summed E-state index contributed by atoms with van der Waals surface area (Å²) in [5, 5.41) is 7.00. The van der Waals surface area contributed by atoms with Crippen molar-refractivity contribution in [1.82, 2.24) is 20.4 Å². The monoisotopic (exact) mass is 439 g/mol. The van der Waals surface area contributed by atoms with Crippen molar-refractivity contribution in [2.24, 2.45) is 10.9 Å². The first-order chi connectivity index (χ1) is 10.6. The van der Waals surface area contributed by atoms with Crippen LogP contribution in [0.5, 0.6) is 0 Å². The Labute approximate surface area is 160 Å². The Hall–Kier alpha value is -0.0800. The van der Waals surface area contributed by atoms with E-state index in [1.54, 1.807) is 0 Å². The van der Waals surface area contributed by atoms with Crippen LogP contribution in [0.25, 0.3) is 0 Å². The first-order valence-corrected chi connectivity index (χ1v) is 8.93. The smallest absolute Gasteiger partial charge is 0.191 e. The third-order valence-electron chi connectivity index (χ3n) is 4.81. The number of likely N-dealkylation sites (N-methyl/N-ethyl adjacent to an activating group) is 2. The SMILES string of the molecule is CCCCC(CC)CNC(=NC)NCC1CN(C)CCN1C.I. The minimum atomic E-state index is 0. The number of hydrogen-bond donors (Lipinski definition) is 2. The highest BCUT2D eigenvalue weighted by atomic mass is 127. The number of piperazine rings is 1. The molecule has 5 nitrogen and oxygen atoms in total. The van der Waals surface area contributed by atoms with Gasteiger partial charge in [-0.25, -0.2) is 0 Å². The van der Waals surface area contributed by atoms with Crippen molar-refractivity contribution in [2.45, 2.75) is 45.6 Å². The Morgan fingerprint density at radius 3 is 2.57 bits per heavy atom. The zero-order chi connectivity index (χ0) is 16.4. The molecule has 138 valence electrons. The molecule has 0 aliphatic carbocycles. The van der Waals surface area contributed by atoms with E-state index < -0.39 is 0 Å². The molecule has 1 rings (SSSR count). The predicted octanol–water partition coefficient (Wildman–Crippen LogP) is 2.23. The molecule has 1 heterocycles. The van der Waals surface area contributed by atoms with Gasteiger partial charge in [0.2, 0.25) is 0 Å². The maximum Gasteiger partial charge on any atom is 0.191 e. The third kappa shape index (κ3) is 9.10. The van der Waals surface area contributed by atoms with Gasteiger partial charge in [0, 0.05) is 45.8 Å². The maximum absolute atomic E-state index is 4.37. The summed E-state index contributed by atoms with van der Waals surface area (Å²) in [5.41, 5.74) is 0. The van der Waals surface area contributed by atoms with Gasteiger partial charge in [0.15, 0.2) is 5.96 Å². The molecule has 0 radical (unpaired) electrons. The Morgan fingerprint density at radius 1 is 1.22 bits per heavy atom. The minimum Gasteiger partial charge on any atom is -0.356 e. The minimum absolute atomic E-state index is 0. The number of nitrogens with zero attached hydrogens (tertiary/aromatic N) is 3. The van der Waals surface area contributed by atoms with Crippen molar-refractivity contribution in [3.8, 4) is 0 Å². The normalized spacial score (nSPS) is 21.6. The Bertz CT molecular complexity index is 324. The van der Waals surface area contributed by atoms with Crippen LogP contribution in [0.15, 0.2) is 4.99 Å². The zero-order valence-electron chi connectivity index (χ0n) is 15.8. The first-order valence-electron chi connectivity index (χ1n) is 8.93. The summed E-state index contributed by atoms with van der Waals surface area (Å²) in [4.78, 5) is 9.21. The molecule has 0 aromatic rings. The van der Waals surface area contributed by atoms with Gasteiger partial charge in [0.05, 0.1) is 0 Å². The summed E-state index contributed by atoms with van der Waals surface area (Å²) in [7, 11) is 6.28. The average Bonchev–Trinajstić information content (AvgIpc) is 2.53. The molecule has 0 amide bonds. The number of nitrogens with one attached hydrogen (secondary N) is 2. The van der Waals surface area contributed by atoms with Crippen LogP contribution in [0.4, 0.5) is 0 Å². The van der Waals surface area contributed by atoms with Crippen molar-refractivity contribution in [1.29, 1.82) is 0 Å². The molecule has 23 heavy (non-hydrogen) atoms. The lowest BCUT2D eigenvalue weighted by molar-refractivity contribution is 0.116. The Balaban J connectivity index is 0.00000484. The van der Waals surface area contributed by atoms with Gasteiger partial charge in [-0.05, 0) is 26.4 Å². The van der Waals surface area contributed by atoms with Gasteiger partial charge in [0.1, 0.15) is 0 Å². The van der Waals surface area contributed by atoms with E-state index in [-0.39, 0.29) is 24.0 Å². The zero-order valence-corrected chi connectivity index (χ0v) is 18.1. The maximum atomic E-state index is 4.37. The second kappa shape index (κ2) is 13.2. The molecule has 2 unspecified atom stereocenters. The standard InChI is InChI=1S/C17H37N5.HI/c1-6-8-9-15(7-2)12-19-17(18-3)20-13-16-14-21(4)10-11-22(16)5;/h15-16H,6-14H2,1-5H3,(H2,18,19,20);1H. The van der Waals surface area contributed by atoms with Gasteiger partial charge in [0.25, 0.3) is 0 Å². The van der Waals surface area contributed by atoms with Crippen molar-refractivity contribution in [3.05, 3.63) is 0 Å². The number of rotatable bonds is 8. The number of hydrogen-bond acceptors (Lipinski definition) is 3. The number of aliphatic imine (C=N–C) groups is 1. The van der Waals surface area contributed by atoms with Crippen molar-refractivity contribution < 1.29 is 0 Å². The van der Waals surface area contributed by atoms with Crippen LogP contribution in [0.2, 0.25) is 0 Å². The van der Waals surface area contributed by atoms with E-state index in [1.165, 1.54) is 25.7 Å². The fourth-order valence-electron chi connectivity index (χ4n) is 2.94. The fourth-order valence-corrected chi connectivity index (χ4v) is 2.94. The highest BCUT2D eigenvalue weighted by Crippen LogP contribution is 2.11. The van der Waals surface area contributed by atoms with E-state index >= 15 is 0 Å². The highest BCUT2D eigenvalue weighted by Gasteiger charge is 2.22. The van der Waals surface area contributed by atoms with Crippen LogP contribution >= 0.6 is 24.0 Å². The summed E-state index contributed by atoms with van der Waals surface area (Å²) in [5.74, 6) is 1.69. The van der Waals surface area contributed by atoms with Crippen LogP contribution in [-0.2, 0) is 0 Å². The Morgan fingerprint density at radius 2 is 1.96 bits per heavy atom. The average molecular weight is 439 g/mol. The second-order valence-electron chi connectivity index (χ2n) is 6.65. The van der Waals surface area contributed by atoms with Crippen LogP contribution in [-0.4, -0.2) is 75.7 Å². The summed E-state index contributed by atoms with van der Waals surface area (Å²) in [6, 6.07) is 0.555. The molecule has 1 aliphatic heterocycles. The largest absolute Gasteiger partial charge is 0.356 e. The van der Waals surface area contributed by atoms with Crippen molar-refractivity contribution >= 4 is 29.9 Å². The van der Waals surface area contributed by atoms with Gasteiger partial charge < -0.3 is 15.5 Å². The lowest BCUT2D eigenvalue weighted by Crippen LogP contribution is -2.55. The van der Waals surface area contributed by atoms with Crippen LogP contribution in [0.1, 0.15) is 39.5 Å². The molecule has 0 saturated carbocycles. The molecular weight excluding hydrogens is 401 g/mol. The van der Waals surface area contributed by atoms with Crippen molar-refractivity contribution in [2.75, 3.05) is 53.9 Å². The van der Waals surface area contributed by atoms with Crippen LogP contribution < -0.4 is 10.6 Å². The van der Waals surface area contributed by atoms with E-state index in [0.29, 0.717) is 6.04 Å². The summed E-state index contributed by atoms with van der Waals surface area (Å²) in [6.45, 7) is 9.94. The molecule has 1 fully saturated rings. The van der Waals surface area contributed by atoms with Gasteiger partial charge >= 0.3 is 0 Å². The van der Waals surface area contributed by atoms with E-state index in [4.69, 9.17) is 0 Å². The Kier molecular flexibility index (Phi) is 13.2. The van der Waals surface area contributed by atoms with Crippen LogP contribution in [0.3, 0.4) is 0 Å². The van der Waals surface area contributed by atoms with E-state index in [0.717, 1.165) is 44.6 Å². The molecule has 1 saturated heterocycles. The first kappa shape index (κ1) is 22.9. The predicted molar refractivity (Wildman–Crippen MR) is 112 cm³/mol.